The third-order valence-corrected chi connectivity index (χ3v) is 4.54. The summed E-state index contributed by atoms with van der Waals surface area (Å²) in [5.41, 5.74) is -0.670. The molecule has 0 aliphatic rings. The van der Waals surface area contributed by atoms with Crippen molar-refractivity contribution < 1.29 is 14.6 Å². The Kier molecular flexibility index (Phi) is 6.21. The third-order valence-electron chi connectivity index (χ3n) is 3.15. The van der Waals surface area contributed by atoms with Crippen LogP contribution in [0, 0.1) is 10.1 Å². The lowest BCUT2D eigenvalue weighted by Crippen LogP contribution is -2.45. The maximum atomic E-state index is 12.3. The molecule has 0 radical (unpaired) electrons. The average molecular weight is 501 g/mol. The SMILES string of the molecule is [C-]#[N+]c1ccc(NC(=O)[C@@](C)(O)COc2ccc(Br)cc2)cc1I. The number of carbonyl (C=O) groups excluding carboxylic acids is 1. The van der Waals surface area contributed by atoms with Crippen LogP contribution in [-0.2, 0) is 4.79 Å². The van der Waals surface area contributed by atoms with Crippen LogP contribution in [0.1, 0.15) is 6.92 Å². The summed E-state index contributed by atoms with van der Waals surface area (Å²) in [5.74, 6) is -0.0202. The summed E-state index contributed by atoms with van der Waals surface area (Å²) in [6.07, 6.45) is 0. The van der Waals surface area contributed by atoms with Crippen LogP contribution in [0.4, 0.5) is 11.4 Å². The van der Waals surface area contributed by atoms with Gasteiger partial charge in [0, 0.05) is 13.7 Å². The molecule has 5 nitrogen and oxygen atoms in total. The number of nitrogens with one attached hydrogen (secondary N) is 1. The van der Waals surface area contributed by atoms with Crippen molar-refractivity contribution in [3.63, 3.8) is 0 Å². The fraction of sp³-hybridized carbons (Fsp3) is 0.176. The summed E-state index contributed by atoms with van der Waals surface area (Å²) in [7, 11) is 0. The maximum absolute atomic E-state index is 12.3. The standard InChI is InChI=1S/C17H14BrIN2O3/c1-17(23,10-24-13-6-3-11(18)4-7-13)16(22)21-12-5-8-15(20-2)14(19)9-12/h3-9,23H,10H2,1H3,(H,21,22)/t17-/m0/s1. The van der Waals surface area contributed by atoms with Crippen molar-refractivity contribution in [2.24, 2.45) is 0 Å². The number of amides is 1. The molecular formula is C17H14BrIN2O3. The van der Waals surface area contributed by atoms with E-state index in [0.29, 0.717) is 17.1 Å². The number of hydrogen-bond donors (Lipinski definition) is 2. The zero-order chi connectivity index (χ0) is 17.7. The van der Waals surface area contributed by atoms with Crippen LogP contribution in [-0.4, -0.2) is 23.2 Å². The molecule has 24 heavy (non-hydrogen) atoms. The van der Waals surface area contributed by atoms with E-state index in [1.807, 2.05) is 34.7 Å². The molecule has 0 saturated carbocycles. The van der Waals surface area contributed by atoms with Gasteiger partial charge in [0.1, 0.15) is 12.4 Å². The maximum Gasteiger partial charge on any atom is 0.259 e. The number of rotatable bonds is 5. The second-order valence-corrected chi connectivity index (χ2v) is 7.33. The van der Waals surface area contributed by atoms with Crippen molar-refractivity contribution in [3.05, 3.63) is 61.9 Å². The molecule has 0 heterocycles. The highest BCUT2D eigenvalue weighted by molar-refractivity contribution is 14.1. The van der Waals surface area contributed by atoms with Gasteiger partial charge < -0.3 is 15.2 Å². The first-order valence-corrected chi connectivity index (χ1v) is 8.78. The molecule has 2 N–H and O–H groups in total. The number of halogens is 2. The van der Waals surface area contributed by atoms with Crippen LogP contribution in [0.15, 0.2) is 46.9 Å². The molecular weight excluding hydrogens is 487 g/mol. The molecule has 2 aromatic rings. The Balaban J connectivity index is 2.00. The largest absolute Gasteiger partial charge is 0.490 e. The number of anilines is 1. The highest BCUT2D eigenvalue weighted by Gasteiger charge is 2.31. The van der Waals surface area contributed by atoms with Crippen LogP contribution in [0.2, 0.25) is 0 Å². The van der Waals surface area contributed by atoms with Crippen molar-refractivity contribution >= 4 is 55.8 Å². The van der Waals surface area contributed by atoms with Gasteiger partial charge in [-0.25, -0.2) is 4.85 Å². The Morgan fingerprint density at radius 1 is 1.38 bits per heavy atom. The molecule has 0 unspecified atom stereocenters. The molecule has 1 amide bonds. The van der Waals surface area contributed by atoms with E-state index in [9.17, 15) is 9.90 Å². The lowest BCUT2D eigenvalue weighted by molar-refractivity contribution is -0.135. The molecule has 0 aliphatic carbocycles. The zero-order valence-electron chi connectivity index (χ0n) is 12.7. The van der Waals surface area contributed by atoms with E-state index in [0.717, 1.165) is 8.04 Å². The zero-order valence-corrected chi connectivity index (χ0v) is 16.5. The first kappa shape index (κ1) is 18.7. The second kappa shape index (κ2) is 7.96. The first-order chi connectivity index (χ1) is 11.3. The Hall–Kier alpha value is -1.63. The lowest BCUT2D eigenvalue weighted by Gasteiger charge is -2.22. The molecule has 0 aliphatic heterocycles. The van der Waals surface area contributed by atoms with E-state index < -0.39 is 11.5 Å². The van der Waals surface area contributed by atoms with E-state index in [2.05, 4.69) is 26.1 Å². The smallest absolute Gasteiger partial charge is 0.259 e. The molecule has 0 saturated heterocycles. The molecule has 1 atom stereocenters. The Bertz CT molecular complexity index is 785. The molecule has 2 rings (SSSR count). The summed E-state index contributed by atoms with van der Waals surface area (Å²) in [6, 6.07) is 12.0. The summed E-state index contributed by atoms with van der Waals surface area (Å²) in [4.78, 5) is 15.6. The van der Waals surface area contributed by atoms with Crippen LogP contribution in [0.25, 0.3) is 4.85 Å². The van der Waals surface area contributed by atoms with E-state index in [-0.39, 0.29) is 6.61 Å². The molecule has 0 aromatic heterocycles. The fourth-order valence-corrected chi connectivity index (χ4v) is 2.66. The van der Waals surface area contributed by atoms with Crippen molar-refractivity contribution in [1.82, 2.24) is 0 Å². The van der Waals surface area contributed by atoms with Gasteiger partial charge in [0.25, 0.3) is 5.91 Å². The molecule has 0 bridgehead atoms. The van der Waals surface area contributed by atoms with Gasteiger partial charge in [-0.05, 0) is 43.3 Å². The number of aliphatic hydroxyl groups is 1. The number of benzene rings is 2. The average Bonchev–Trinajstić information content (AvgIpc) is 2.54. The monoisotopic (exact) mass is 500 g/mol. The number of hydrogen-bond acceptors (Lipinski definition) is 3. The van der Waals surface area contributed by atoms with Gasteiger partial charge in [-0.1, -0.05) is 44.6 Å². The summed E-state index contributed by atoms with van der Waals surface area (Å²) < 4.78 is 7.11. The second-order valence-electron chi connectivity index (χ2n) is 5.25. The summed E-state index contributed by atoms with van der Waals surface area (Å²) in [6.45, 7) is 8.22. The normalized spacial score (nSPS) is 12.8. The van der Waals surface area contributed by atoms with E-state index in [4.69, 9.17) is 11.3 Å². The van der Waals surface area contributed by atoms with Crippen molar-refractivity contribution in [2.75, 3.05) is 11.9 Å². The molecule has 124 valence electrons. The number of nitrogens with zero attached hydrogens (tertiary/aromatic N) is 1. The minimum Gasteiger partial charge on any atom is -0.490 e. The van der Waals surface area contributed by atoms with Gasteiger partial charge >= 0.3 is 0 Å². The topological polar surface area (TPSA) is 62.9 Å². The van der Waals surface area contributed by atoms with Crippen molar-refractivity contribution in [3.8, 4) is 5.75 Å². The highest BCUT2D eigenvalue weighted by atomic mass is 127. The highest BCUT2D eigenvalue weighted by Crippen LogP contribution is 2.25. The molecule has 0 fully saturated rings. The molecule has 7 heteroatoms. The fourth-order valence-electron chi connectivity index (χ4n) is 1.76. The number of ether oxygens (including phenoxy) is 1. The van der Waals surface area contributed by atoms with Gasteiger partial charge in [-0.2, -0.15) is 0 Å². The van der Waals surface area contributed by atoms with Crippen molar-refractivity contribution in [2.45, 2.75) is 12.5 Å². The number of carbonyl (C=O) groups is 1. The van der Waals surface area contributed by atoms with E-state index >= 15 is 0 Å². The van der Waals surface area contributed by atoms with Crippen LogP contribution >= 0.6 is 38.5 Å². The third kappa shape index (κ3) is 4.93. The van der Waals surface area contributed by atoms with E-state index in [1.54, 1.807) is 30.3 Å². The van der Waals surface area contributed by atoms with Gasteiger partial charge in [-0.3, -0.25) is 4.79 Å². The minimum absolute atomic E-state index is 0.183. The van der Waals surface area contributed by atoms with Gasteiger partial charge in [-0.15, -0.1) is 0 Å². The lowest BCUT2D eigenvalue weighted by atomic mass is 10.1. The van der Waals surface area contributed by atoms with E-state index in [1.165, 1.54) is 6.92 Å². The Labute approximate surface area is 162 Å². The quantitative estimate of drug-likeness (QED) is 0.473. The summed E-state index contributed by atoms with van der Waals surface area (Å²) in [5, 5.41) is 13.0. The summed E-state index contributed by atoms with van der Waals surface area (Å²) >= 11 is 5.35. The predicted octanol–water partition coefficient (Wildman–Crippen LogP) is 4.37. The first-order valence-electron chi connectivity index (χ1n) is 6.91. The predicted molar refractivity (Wildman–Crippen MR) is 104 cm³/mol. The van der Waals surface area contributed by atoms with Gasteiger partial charge in [0.15, 0.2) is 11.3 Å². The Morgan fingerprint density at radius 3 is 2.62 bits per heavy atom. The van der Waals surface area contributed by atoms with Gasteiger partial charge in [0.05, 0.1) is 6.57 Å². The van der Waals surface area contributed by atoms with Crippen molar-refractivity contribution in [1.29, 1.82) is 0 Å². The van der Waals surface area contributed by atoms with Crippen LogP contribution in [0.3, 0.4) is 0 Å². The van der Waals surface area contributed by atoms with Crippen LogP contribution < -0.4 is 10.1 Å². The molecule has 0 spiro atoms. The van der Waals surface area contributed by atoms with Gasteiger partial charge in [0.2, 0.25) is 0 Å². The molecule has 2 aromatic carbocycles. The van der Waals surface area contributed by atoms with Crippen LogP contribution in [0.5, 0.6) is 5.75 Å². The Morgan fingerprint density at radius 2 is 2.04 bits per heavy atom. The minimum atomic E-state index is -1.70.